The minimum Gasteiger partial charge on any atom is -0.494 e. The number of hydrogen-bond acceptors (Lipinski definition) is 5. The van der Waals surface area contributed by atoms with Gasteiger partial charge >= 0.3 is 6.18 Å². The lowest BCUT2D eigenvalue weighted by Gasteiger charge is -2.38. The molecular weight excluding hydrogens is 533 g/mol. The van der Waals surface area contributed by atoms with E-state index in [1.54, 1.807) is 31.2 Å². The SMILES string of the molecule is CC(C)(C)C1=CC=C(C2=C(C(=O)NS(C)(=O)=O)C(=O)N[C@](C)(c3ccc(OCCCC(F)(F)F)cc3)C2)CC1. The number of alkyl halides is 3. The monoisotopic (exact) mass is 568 g/mol. The number of amides is 2. The van der Waals surface area contributed by atoms with Crippen molar-refractivity contribution in [3.05, 3.63) is 64.3 Å². The van der Waals surface area contributed by atoms with Gasteiger partial charge in [0.1, 0.15) is 11.3 Å². The van der Waals surface area contributed by atoms with Gasteiger partial charge in [0, 0.05) is 12.8 Å². The zero-order valence-electron chi connectivity index (χ0n) is 22.8. The first-order chi connectivity index (χ1) is 17.9. The van der Waals surface area contributed by atoms with Crippen LogP contribution in [0.3, 0.4) is 0 Å². The van der Waals surface area contributed by atoms with Crippen LogP contribution in [0.5, 0.6) is 5.75 Å². The molecule has 0 fully saturated rings. The number of halogens is 3. The third-order valence-corrected chi connectivity index (χ3v) is 7.38. The van der Waals surface area contributed by atoms with Crippen LogP contribution in [0.15, 0.2) is 58.7 Å². The molecule has 2 aliphatic rings. The van der Waals surface area contributed by atoms with Crippen molar-refractivity contribution in [1.82, 2.24) is 10.0 Å². The molecule has 0 saturated heterocycles. The van der Waals surface area contributed by atoms with E-state index in [4.69, 9.17) is 4.74 Å². The van der Waals surface area contributed by atoms with Gasteiger partial charge in [0.25, 0.3) is 11.8 Å². The van der Waals surface area contributed by atoms with E-state index in [-0.39, 0.29) is 30.4 Å². The maximum absolute atomic E-state index is 13.3. The molecular formula is C28H35F3N2O5S. The number of rotatable bonds is 8. The van der Waals surface area contributed by atoms with E-state index in [1.165, 1.54) is 5.57 Å². The van der Waals surface area contributed by atoms with E-state index in [9.17, 15) is 31.2 Å². The Morgan fingerprint density at radius 3 is 2.26 bits per heavy atom. The van der Waals surface area contributed by atoms with E-state index in [1.807, 2.05) is 16.9 Å². The lowest BCUT2D eigenvalue weighted by molar-refractivity contribution is -0.136. The lowest BCUT2D eigenvalue weighted by Crippen LogP contribution is -2.51. The van der Waals surface area contributed by atoms with E-state index in [2.05, 4.69) is 26.1 Å². The Hall–Kier alpha value is -3.08. The van der Waals surface area contributed by atoms with Crippen LogP contribution in [0.2, 0.25) is 0 Å². The lowest BCUT2D eigenvalue weighted by atomic mass is 9.74. The maximum Gasteiger partial charge on any atom is 0.389 e. The number of allylic oxidation sites excluding steroid dienone is 4. The first-order valence-corrected chi connectivity index (χ1v) is 14.6. The highest BCUT2D eigenvalue weighted by Crippen LogP contribution is 2.41. The van der Waals surface area contributed by atoms with Crippen molar-refractivity contribution in [2.75, 3.05) is 12.9 Å². The van der Waals surface area contributed by atoms with Crippen molar-refractivity contribution in [3.8, 4) is 5.75 Å². The molecule has 2 N–H and O–H groups in total. The molecule has 1 aromatic rings. The molecule has 0 aromatic heterocycles. The van der Waals surface area contributed by atoms with Crippen LogP contribution in [-0.4, -0.2) is 39.3 Å². The smallest absolute Gasteiger partial charge is 0.389 e. The second kappa shape index (κ2) is 11.2. The molecule has 0 radical (unpaired) electrons. The average Bonchev–Trinajstić information content (AvgIpc) is 2.79. The van der Waals surface area contributed by atoms with Crippen molar-refractivity contribution in [1.29, 1.82) is 0 Å². The zero-order chi connectivity index (χ0) is 29.2. The summed E-state index contributed by atoms with van der Waals surface area (Å²) < 4.78 is 67.9. The Morgan fingerprint density at radius 1 is 1.10 bits per heavy atom. The zero-order valence-corrected chi connectivity index (χ0v) is 23.6. The second-order valence-corrected chi connectivity index (χ2v) is 13.0. The predicted molar refractivity (Wildman–Crippen MR) is 142 cm³/mol. The van der Waals surface area contributed by atoms with Gasteiger partial charge in [-0.1, -0.05) is 50.6 Å². The molecule has 7 nitrogen and oxygen atoms in total. The Balaban J connectivity index is 1.92. The summed E-state index contributed by atoms with van der Waals surface area (Å²) in [5, 5.41) is 2.86. The maximum atomic E-state index is 13.3. The van der Waals surface area contributed by atoms with E-state index in [0.29, 0.717) is 23.3 Å². The molecule has 2 amide bonds. The highest BCUT2D eigenvalue weighted by atomic mass is 32.2. The Bertz CT molecular complexity index is 1320. The van der Waals surface area contributed by atoms with Gasteiger partial charge in [-0.25, -0.2) is 13.1 Å². The summed E-state index contributed by atoms with van der Waals surface area (Å²) in [5.74, 6) is -1.29. The van der Waals surface area contributed by atoms with Crippen LogP contribution in [0.1, 0.15) is 65.4 Å². The summed E-state index contributed by atoms with van der Waals surface area (Å²) in [6.45, 7) is 8.04. The van der Waals surface area contributed by atoms with Crippen LogP contribution in [0, 0.1) is 5.41 Å². The third-order valence-electron chi connectivity index (χ3n) is 6.82. The molecule has 0 saturated carbocycles. The van der Waals surface area contributed by atoms with Crippen LogP contribution >= 0.6 is 0 Å². The van der Waals surface area contributed by atoms with Gasteiger partial charge in [-0.3, -0.25) is 9.59 Å². The Morgan fingerprint density at radius 2 is 1.74 bits per heavy atom. The molecule has 3 rings (SSSR count). The first kappa shape index (κ1) is 30.5. The molecule has 214 valence electrons. The summed E-state index contributed by atoms with van der Waals surface area (Å²) in [6.07, 6.45) is 0.953. The largest absolute Gasteiger partial charge is 0.494 e. The van der Waals surface area contributed by atoms with Crippen molar-refractivity contribution >= 4 is 21.8 Å². The summed E-state index contributed by atoms with van der Waals surface area (Å²) >= 11 is 0. The van der Waals surface area contributed by atoms with Gasteiger partial charge in [-0.05, 0) is 60.4 Å². The van der Waals surface area contributed by atoms with Gasteiger partial charge in [0.05, 0.1) is 18.4 Å². The number of sulfonamides is 1. The molecule has 1 atom stereocenters. The molecule has 1 aromatic carbocycles. The average molecular weight is 569 g/mol. The van der Waals surface area contributed by atoms with Crippen LogP contribution in [0.25, 0.3) is 0 Å². The number of carbonyl (C=O) groups excluding carboxylic acids is 2. The first-order valence-electron chi connectivity index (χ1n) is 12.7. The van der Waals surface area contributed by atoms with Crippen molar-refractivity contribution in [3.63, 3.8) is 0 Å². The summed E-state index contributed by atoms with van der Waals surface area (Å²) in [4.78, 5) is 26.3. The van der Waals surface area contributed by atoms with Crippen LogP contribution in [0.4, 0.5) is 13.2 Å². The number of nitrogens with one attached hydrogen (secondary N) is 2. The molecule has 39 heavy (non-hydrogen) atoms. The molecule has 0 bridgehead atoms. The number of benzene rings is 1. The summed E-state index contributed by atoms with van der Waals surface area (Å²) in [6, 6.07) is 6.67. The summed E-state index contributed by atoms with van der Waals surface area (Å²) in [7, 11) is -3.90. The van der Waals surface area contributed by atoms with E-state index in [0.717, 1.165) is 18.2 Å². The number of hydrogen-bond donors (Lipinski definition) is 2. The molecule has 0 spiro atoms. The quantitative estimate of drug-likeness (QED) is 0.331. The van der Waals surface area contributed by atoms with Crippen molar-refractivity contribution < 1.29 is 35.9 Å². The molecule has 1 aliphatic carbocycles. The van der Waals surface area contributed by atoms with Crippen LogP contribution in [-0.2, 0) is 25.2 Å². The van der Waals surface area contributed by atoms with Crippen molar-refractivity contribution in [2.45, 2.75) is 71.5 Å². The standard InChI is InChI=1S/C28H35F3N2O5S/c1-26(2,3)19-9-7-18(8-10-19)22-17-27(4,32-24(34)23(22)25(35)33-39(5,36)37)20-11-13-21(14-12-20)38-16-6-15-28(29,30)31/h7,9,11-14H,6,8,10,15-17H2,1-5H3,(H,32,34)(H,33,35)/t27-/m0/s1. The van der Waals surface area contributed by atoms with Crippen molar-refractivity contribution in [2.24, 2.45) is 5.41 Å². The van der Waals surface area contributed by atoms with E-state index >= 15 is 0 Å². The van der Waals surface area contributed by atoms with Gasteiger partial charge in [0.2, 0.25) is 10.0 Å². The molecule has 0 unspecified atom stereocenters. The summed E-state index contributed by atoms with van der Waals surface area (Å²) in [5.41, 5.74) is 1.96. The Labute approximate surface area is 227 Å². The number of ether oxygens (including phenoxy) is 1. The minimum atomic E-state index is -4.23. The van der Waals surface area contributed by atoms with Gasteiger partial charge < -0.3 is 10.1 Å². The topological polar surface area (TPSA) is 102 Å². The van der Waals surface area contributed by atoms with Gasteiger partial charge in [0.15, 0.2) is 0 Å². The highest BCUT2D eigenvalue weighted by Gasteiger charge is 2.41. The fourth-order valence-corrected chi connectivity index (χ4v) is 5.18. The molecule has 1 heterocycles. The third kappa shape index (κ3) is 8.20. The number of carbonyl (C=O) groups is 2. The van der Waals surface area contributed by atoms with Crippen LogP contribution < -0.4 is 14.8 Å². The van der Waals surface area contributed by atoms with Gasteiger partial charge in [-0.2, -0.15) is 13.2 Å². The normalized spacial score (nSPS) is 20.7. The fraction of sp³-hybridized carbons (Fsp3) is 0.500. The Kier molecular flexibility index (Phi) is 8.74. The fourth-order valence-electron chi connectivity index (χ4n) is 4.74. The highest BCUT2D eigenvalue weighted by molar-refractivity contribution is 7.89. The van der Waals surface area contributed by atoms with E-state index < -0.39 is 40.0 Å². The minimum absolute atomic E-state index is 0.0398. The van der Waals surface area contributed by atoms with Gasteiger partial charge in [-0.15, -0.1) is 0 Å². The molecule has 11 heteroatoms. The predicted octanol–water partition coefficient (Wildman–Crippen LogP) is 5.21. The second-order valence-electron chi connectivity index (χ2n) is 11.2. The molecule has 1 aliphatic heterocycles.